The van der Waals surface area contributed by atoms with Crippen molar-refractivity contribution in [1.82, 2.24) is 9.97 Å². The highest BCUT2D eigenvalue weighted by Gasteiger charge is 2.27. The number of aromatic nitrogens is 2. The van der Waals surface area contributed by atoms with Crippen molar-refractivity contribution in [3.05, 3.63) is 17.0 Å². The van der Waals surface area contributed by atoms with Gasteiger partial charge in [0.05, 0.1) is 5.56 Å². The van der Waals surface area contributed by atoms with Crippen LogP contribution in [0.2, 0.25) is 5.15 Å². The fourth-order valence-electron chi connectivity index (χ4n) is 2.33. The van der Waals surface area contributed by atoms with Gasteiger partial charge in [-0.05, 0) is 31.1 Å². The van der Waals surface area contributed by atoms with Crippen LogP contribution in [-0.4, -0.2) is 22.3 Å². The Hall–Kier alpha value is -1.16. The van der Waals surface area contributed by atoms with Gasteiger partial charge in [-0.2, -0.15) is 0 Å². The second kappa shape index (κ2) is 5.22. The highest BCUT2D eigenvalue weighted by Crippen LogP contribution is 2.36. The first kappa shape index (κ1) is 13.3. The van der Waals surface area contributed by atoms with Gasteiger partial charge in [-0.15, -0.1) is 0 Å². The molecular formula is C13H18ClN3O. The Morgan fingerprint density at radius 3 is 2.67 bits per heavy atom. The van der Waals surface area contributed by atoms with Crippen LogP contribution < -0.4 is 5.32 Å². The molecule has 0 radical (unpaired) electrons. The zero-order chi connectivity index (χ0) is 13.2. The molecule has 18 heavy (non-hydrogen) atoms. The van der Waals surface area contributed by atoms with E-state index in [0.717, 1.165) is 12.8 Å². The molecule has 0 aliphatic heterocycles. The zero-order valence-corrected chi connectivity index (χ0v) is 11.5. The van der Waals surface area contributed by atoms with Crippen LogP contribution in [0.4, 0.5) is 5.82 Å². The van der Waals surface area contributed by atoms with Crippen LogP contribution in [0.15, 0.2) is 6.33 Å². The van der Waals surface area contributed by atoms with E-state index in [1.54, 1.807) is 0 Å². The van der Waals surface area contributed by atoms with E-state index in [1.165, 1.54) is 19.2 Å². The Morgan fingerprint density at radius 1 is 1.39 bits per heavy atom. The number of halogens is 1. The van der Waals surface area contributed by atoms with Crippen molar-refractivity contribution in [2.75, 3.05) is 5.32 Å². The summed E-state index contributed by atoms with van der Waals surface area (Å²) in [7, 11) is 0. The summed E-state index contributed by atoms with van der Waals surface area (Å²) >= 11 is 5.87. The third kappa shape index (κ3) is 2.99. The molecule has 1 saturated carbocycles. The van der Waals surface area contributed by atoms with Gasteiger partial charge in [0.1, 0.15) is 17.3 Å². The lowest BCUT2D eigenvalue weighted by Gasteiger charge is -2.34. The summed E-state index contributed by atoms with van der Waals surface area (Å²) in [6, 6.07) is 0.364. The second-order valence-corrected chi connectivity index (χ2v) is 5.99. The minimum absolute atomic E-state index is 0.207. The summed E-state index contributed by atoms with van der Waals surface area (Å²) in [5.41, 5.74) is 0.777. The van der Waals surface area contributed by atoms with Gasteiger partial charge in [0.15, 0.2) is 6.29 Å². The smallest absolute Gasteiger partial charge is 0.156 e. The number of nitrogens with one attached hydrogen (secondary N) is 1. The topological polar surface area (TPSA) is 54.9 Å². The highest BCUT2D eigenvalue weighted by atomic mass is 35.5. The van der Waals surface area contributed by atoms with E-state index >= 15 is 0 Å². The fraction of sp³-hybridized carbons (Fsp3) is 0.615. The van der Waals surface area contributed by atoms with E-state index < -0.39 is 0 Å². The molecule has 0 unspecified atom stereocenters. The average Bonchev–Trinajstić information content (AvgIpc) is 2.32. The van der Waals surface area contributed by atoms with Crippen molar-refractivity contribution < 1.29 is 4.79 Å². The first-order valence-corrected chi connectivity index (χ1v) is 6.62. The first-order valence-electron chi connectivity index (χ1n) is 6.24. The van der Waals surface area contributed by atoms with E-state index in [9.17, 15) is 4.79 Å². The first-order chi connectivity index (χ1) is 8.52. The average molecular weight is 268 g/mol. The van der Waals surface area contributed by atoms with E-state index in [-0.39, 0.29) is 5.15 Å². The third-order valence-corrected chi connectivity index (χ3v) is 3.93. The number of aldehydes is 1. The Morgan fingerprint density at radius 2 is 2.06 bits per heavy atom. The molecule has 1 heterocycles. The van der Waals surface area contributed by atoms with Crippen molar-refractivity contribution >= 4 is 23.7 Å². The molecule has 1 fully saturated rings. The van der Waals surface area contributed by atoms with Crippen molar-refractivity contribution in [3.8, 4) is 0 Å². The summed E-state index contributed by atoms with van der Waals surface area (Å²) in [4.78, 5) is 18.9. The molecule has 0 bridgehead atoms. The maximum Gasteiger partial charge on any atom is 0.156 e. The zero-order valence-electron chi connectivity index (χ0n) is 10.7. The molecule has 1 aliphatic rings. The number of hydrogen-bond donors (Lipinski definition) is 1. The summed E-state index contributed by atoms with van der Waals surface area (Å²) in [6.45, 7) is 4.59. The highest BCUT2D eigenvalue weighted by molar-refractivity contribution is 6.32. The maximum atomic E-state index is 11.0. The van der Waals surface area contributed by atoms with Crippen LogP contribution in [0.25, 0.3) is 0 Å². The molecule has 0 amide bonds. The number of anilines is 1. The molecule has 5 heteroatoms. The van der Waals surface area contributed by atoms with Crippen LogP contribution in [0.5, 0.6) is 0 Å². The van der Waals surface area contributed by atoms with Gasteiger partial charge in [-0.3, -0.25) is 4.79 Å². The predicted octanol–water partition coefficient (Wildman–Crippen LogP) is 3.32. The Balaban J connectivity index is 2.07. The molecule has 0 aromatic carbocycles. The van der Waals surface area contributed by atoms with Crippen molar-refractivity contribution in [1.29, 1.82) is 0 Å². The minimum atomic E-state index is 0.207. The van der Waals surface area contributed by atoms with Gasteiger partial charge in [-0.1, -0.05) is 25.4 Å². The lowest BCUT2D eigenvalue weighted by molar-refractivity contribution is 0.112. The van der Waals surface area contributed by atoms with Gasteiger partial charge < -0.3 is 5.32 Å². The number of hydrogen-bond acceptors (Lipinski definition) is 4. The van der Waals surface area contributed by atoms with Gasteiger partial charge in [0.2, 0.25) is 0 Å². The van der Waals surface area contributed by atoms with Crippen LogP contribution in [0.3, 0.4) is 0 Å². The number of nitrogens with zero attached hydrogens (tertiary/aromatic N) is 2. The van der Waals surface area contributed by atoms with E-state index in [4.69, 9.17) is 11.6 Å². The van der Waals surface area contributed by atoms with Crippen molar-refractivity contribution in [2.45, 2.75) is 45.6 Å². The fourth-order valence-corrected chi connectivity index (χ4v) is 2.51. The van der Waals surface area contributed by atoms with Crippen LogP contribution in [-0.2, 0) is 0 Å². The molecule has 0 atom stereocenters. The van der Waals surface area contributed by atoms with Crippen molar-refractivity contribution in [2.24, 2.45) is 5.41 Å². The minimum Gasteiger partial charge on any atom is -0.367 e. The SMILES string of the molecule is CC1(C)CCC(Nc2ncnc(Cl)c2C=O)CC1. The normalized spacial score (nSPS) is 19.5. The molecule has 2 rings (SSSR count). The molecule has 0 saturated heterocycles. The lowest BCUT2D eigenvalue weighted by Crippen LogP contribution is -2.30. The molecule has 4 nitrogen and oxygen atoms in total. The molecule has 1 N–H and O–H groups in total. The second-order valence-electron chi connectivity index (χ2n) is 5.63. The van der Waals surface area contributed by atoms with E-state index in [2.05, 4.69) is 29.1 Å². The monoisotopic (exact) mass is 267 g/mol. The number of carbonyl (C=O) groups is 1. The predicted molar refractivity (Wildman–Crippen MR) is 72.1 cm³/mol. The van der Waals surface area contributed by atoms with Crippen LogP contribution in [0, 0.1) is 5.41 Å². The van der Waals surface area contributed by atoms with Crippen molar-refractivity contribution in [3.63, 3.8) is 0 Å². The summed E-state index contributed by atoms with van der Waals surface area (Å²) in [6.07, 6.45) is 6.63. The Labute approximate surface area is 112 Å². The molecule has 1 aliphatic carbocycles. The van der Waals surface area contributed by atoms with Gasteiger partial charge in [0.25, 0.3) is 0 Å². The quantitative estimate of drug-likeness (QED) is 0.674. The molecule has 0 spiro atoms. The molecule has 1 aromatic heterocycles. The number of rotatable bonds is 3. The van der Waals surface area contributed by atoms with Crippen LogP contribution in [0.1, 0.15) is 49.9 Å². The standard InChI is InChI=1S/C13H18ClN3O/c1-13(2)5-3-9(4-6-13)17-12-10(7-18)11(14)15-8-16-12/h7-9H,3-6H2,1-2H3,(H,15,16,17). The number of carbonyl (C=O) groups excluding carboxylic acids is 1. The van der Waals surface area contributed by atoms with E-state index in [0.29, 0.717) is 29.1 Å². The summed E-state index contributed by atoms with van der Waals surface area (Å²) < 4.78 is 0. The van der Waals surface area contributed by atoms with E-state index in [1.807, 2.05) is 0 Å². The molecule has 98 valence electrons. The summed E-state index contributed by atoms with van der Waals surface area (Å²) in [5, 5.41) is 3.52. The largest absolute Gasteiger partial charge is 0.367 e. The Bertz CT molecular complexity index is 438. The Kier molecular flexibility index (Phi) is 3.85. The van der Waals surface area contributed by atoms with Gasteiger partial charge in [-0.25, -0.2) is 9.97 Å². The van der Waals surface area contributed by atoms with Gasteiger partial charge >= 0.3 is 0 Å². The molecular weight excluding hydrogens is 250 g/mol. The third-order valence-electron chi connectivity index (χ3n) is 3.63. The molecule has 1 aromatic rings. The lowest BCUT2D eigenvalue weighted by atomic mass is 9.75. The summed E-state index contributed by atoms with van der Waals surface area (Å²) in [5.74, 6) is 0.551. The van der Waals surface area contributed by atoms with Crippen LogP contribution >= 0.6 is 11.6 Å². The maximum absolute atomic E-state index is 11.0. The van der Waals surface area contributed by atoms with Gasteiger partial charge in [0, 0.05) is 6.04 Å².